The minimum atomic E-state index is -3.98. The van der Waals surface area contributed by atoms with Gasteiger partial charge in [0.25, 0.3) is 0 Å². The van der Waals surface area contributed by atoms with Gasteiger partial charge in [0.1, 0.15) is 5.41 Å². The summed E-state index contributed by atoms with van der Waals surface area (Å²) in [6.07, 6.45) is -0.838. The molecule has 0 bridgehead atoms. The summed E-state index contributed by atoms with van der Waals surface area (Å²) in [5.41, 5.74) is -1.57. The van der Waals surface area contributed by atoms with E-state index in [1.54, 1.807) is 12.1 Å². The van der Waals surface area contributed by atoms with Crippen molar-refractivity contribution in [2.75, 3.05) is 25.0 Å². The lowest BCUT2D eigenvalue weighted by Crippen LogP contribution is -2.43. The molecule has 0 unspecified atom stereocenters. The molecule has 144 valence electrons. The summed E-state index contributed by atoms with van der Waals surface area (Å²) >= 11 is 0. The first-order chi connectivity index (χ1) is 12.8. The van der Waals surface area contributed by atoms with Crippen LogP contribution in [0.15, 0.2) is 34.7 Å². The summed E-state index contributed by atoms with van der Waals surface area (Å²) in [5.74, 6) is -8.09. The maximum atomic E-state index is 13.4. The molecule has 1 saturated carbocycles. The Labute approximate surface area is 151 Å². The first-order valence-corrected chi connectivity index (χ1v) is 8.45. The van der Waals surface area contributed by atoms with Gasteiger partial charge in [0.05, 0.1) is 6.54 Å². The van der Waals surface area contributed by atoms with Crippen LogP contribution in [0.3, 0.4) is 0 Å². The summed E-state index contributed by atoms with van der Waals surface area (Å²) in [5, 5.41) is 10.3. The number of rotatable bonds is 4. The lowest BCUT2D eigenvalue weighted by Gasteiger charge is -2.31. The van der Waals surface area contributed by atoms with Crippen molar-refractivity contribution < 1.29 is 26.8 Å². The lowest BCUT2D eigenvalue weighted by molar-refractivity contribution is -0.131. The van der Waals surface area contributed by atoms with Gasteiger partial charge in [-0.2, -0.15) is 17.6 Å². The van der Waals surface area contributed by atoms with E-state index in [9.17, 15) is 22.4 Å². The van der Waals surface area contributed by atoms with Gasteiger partial charge in [0, 0.05) is 18.7 Å². The number of aromatic nitrogens is 2. The first-order valence-electron chi connectivity index (χ1n) is 8.45. The Hall–Kier alpha value is -2.65. The predicted molar refractivity (Wildman–Crippen MR) is 86.4 cm³/mol. The van der Waals surface area contributed by atoms with Crippen molar-refractivity contribution >= 4 is 11.9 Å². The molecule has 1 aliphatic heterocycles. The smallest absolute Gasteiger partial charge is 0.322 e. The number of anilines is 1. The van der Waals surface area contributed by atoms with Crippen LogP contribution in [0.2, 0.25) is 0 Å². The van der Waals surface area contributed by atoms with Crippen molar-refractivity contribution in [3.8, 4) is 11.5 Å². The minimum Gasteiger partial charge on any atom is -0.403 e. The van der Waals surface area contributed by atoms with Gasteiger partial charge in [-0.05, 0) is 25.0 Å². The largest absolute Gasteiger partial charge is 0.403 e. The van der Waals surface area contributed by atoms with Gasteiger partial charge in [-0.1, -0.05) is 23.3 Å². The third-order valence-corrected chi connectivity index (χ3v) is 5.34. The average Bonchev–Trinajstić information content (AvgIpc) is 3.04. The van der Waals surface area contributed by atoms with E-state index in [-0.39, 0.29) is 31.5 Å². The molecule has 2 fully saturated rings. The van der Waals surface area contributed by atoms with Gasteiger partial charge in [-0.25, -0.2) is 0 Å². The molecule has 1 aromatic heterocycles. The van der Waals surface area contributed by atoms with Crippen molar-refractivity contribution in [1.29, 1.82) is 0 Å². The molecule has 2 aromatic rings. The van der Waals surface area contributed by atoms with E-state index < -0.39 is 36.0 Å². The van der Waals surface area contributed by atoms with Crippen LogP contribution in [-0.2, 0) is 4.79 Å². The van der Waals surface area contributed by atoms with Crippen LogP contribution in [0.1, 0.15) is 12.8 Å². The summed E-state index contributed by atoms with van der Waals surface area (Å²) in [4.78, 5) is 13.5. The highest BCUT2D eigenvalue weighted by molar-refractivity contribution is 5.80. The molecule has 2 heterocycles. The van der Waals surface area contributed by atoms with E-state index in [1.165, 1.54) is 4.90 Å². The summed E-state index contributed by atoms with van der Waals surface area (Å²) < 4.78 is 59.0. The molecule has 1 saturated heterocycles. The maximum absolute atomic E-state index is 13.4. The van der Waals surface area contributed by atoms with Crippen molar-refractivity contribution in [2.24, 2.45) is 5.41 Å². The van der Waals surface area contributed by atoms with Gasteiger partial charge in [-0.3, -0.25) is 4.79 Å². The standard InChI is InChI=1S/C17H16F4N4O2/c18-16(19)15(17(16,20)21)6-8-25(9-7-15)12(26)10-22-14-24-23-13(27-14)11-4-2-1-3-5-11/h1-5H,6-10H2,(H,22,24). The zero-order chi connectivity index (χ0) is 19.3. The average molecular weight is 384 g/mol. The Morgan fingerprint density at radius 1 is 1.07 bits per heavy atom. The van der Waals surface area contributed by atoms with Crippen molar-refractivity contribution in [3.05, 3.63) is 30.3 Å². The van der Waals surface area contributed by atoms with Gasteiger partial charge >= 0.3 is 17.9 Å². The molecule has 1 aliphatic carbocycles. The summed E-state index contributed by atoms with van der Waals surface area (Å²) in [6.45, 7) is -0.466. The molecule has 27 heavy (non-hydrogen) atoms. The van der Waals surface area contributed by atoms with E-state index >= 15 is 0 Å². The van der Waals surface area contributed by atoms with Gasteiger partial charge in [-0.15, -0.1) is 5.10 Å². The highest BCUT2D eigenvalue weighted by Gasteiger charge is 2.95. The SMILES string of the molecule is O=C(CNc1nnc(-c2ccccc2)o1)N1CCC2(CC1)C(F)(F)C2(F)F. The molecule has 0 atom stereocenters. The molecular formula is C17H16F4N4O2. The molecule has 2 aliphatic rings. The molecule has 1 amide bonds. The number of carbonyl (C=O) groups is 1. The van der Waals surface area contributed by atoms with Gasteiger partial charge in [0.2, 0.25) is 11.8 Å². The number of carbonyl (C=O) groups excluding carboxylic acids is 1. The lowest BCUT2D eigenvalue weighted by atomic mass is 9.92. The second kappa shape index (κ2) is 5.93. The predicted octanol–water partition coefficient (Wildman–Crippen LogP) is 3.04. The van der Waals surface area contributed by atoms with Crippen LogP contribution in [0, 0.1) is 5.41 Å². The zero-order valence-electron chi connectivity index (χ0n) is 14.1. The molecule has 0 radical (unpaired) electrons. The van der Waals surface area contributed by atoms with E-state index in [0.717, 1.165) is 5.56 Å². The molecule has 10 heteroatoms. The normalized spacial score (nSPS) is 21.9. The Bertz CT molecular complexity index is 832. The second-order valence-electron chi connectivity index (χ2n) is 6.74. The highest BCUT2D eigenvalue weighted by Crippen LogP contribution is 2.76. The summed E-state index contributed by atoms with van der Waals surface area (Å²) in [6, 6.07) is 9.08. The minimum absolute atomic E-state index is 0.0379. The number of amides is 1. The number of nitrogens with zero attached hydrogens (tertiary/aromatic N) is 3. The van der Waals surface area contributed by atoms with Crippen LogP contribution in [0.4, 0.5) is 23.6 Å². The number of alkyl halides is 4. The molecule has 6 nitrogen and oxygen atoms in total. The Morgan fingerprint density at radius 3 is 2.30 bits per heavy atom. The van der Waals surface area contributed by atoms with Crippen LogP contribution in [0.25, 0.3) is 11.5 Å². The van der Waals surface area contributed by atoms with E-state index in [4.69, 9.17) is 4.42 Å². The highest BCUT2D eigenvalue weighted by atomic mass is 19.3. The fraction of sp³-hybridized carbons (Fsp3) is 0.471. The van der Waals surface area contributed by atoms with Gasteiger partial charge < -0.3 is 14.6 Å². The Balaban J connectivity index is 1.31. The molecule has 1 spiro atoms. The maximum Gasteiger partial charge on any atom is 0.322 e. The molecule has 1 aromatic carbocycles. The van der Waals surface area contributed by atoms with Crippen LogP contribution < -0.4 is 5.32 Å². The van der Waals surface area contributed by atoms with E-state index in [1.807, 2.05) is 18.2 Å². The number of benzene rings is 1. The zero-order valence-corrected chi connectivity index (χ0v) is 14.1. The third-order valence-electron chi connectivity index (χ3n) is 5.34. The molecule has 1 N–H and O–H groups in total. The van der Waals surface area contributed by atoms with Crippen LogP contribution in [-0.4, -0.2) is 52.5 Å². The van der Waals surface area contributed by atoms with Crippen LogP contribution in [0.5, 0.6) is 0 Å². The number of likely N-dealkylation sites (tertiary alicyclic amines) is 1. The topological polar surface area (TPSA) is 71.3 Å². The van der Waals surface area contributed by atoms with Crippen molar-refractivity contribution in [2.45, 2.75) is 24.7 Å². The van der Waals surface area contributed by atoms with Crippen molar-refractivity contribution in [3.63, 3.8) is 0 Å². The number of nitrogens with one attached hydrogen (secondary N) is 1. The van der Waals surface area contributed by atoms with Gasteiger partial charge in [0.15, 0.2) is 0 Å². The van der Waals surface area contributed by atoms with E-state index in [0.29, 0.717) is 0 Å². The quantitative estimate of drug-likeness (QED) is 0.821. The number of hydrogen-bond donors (Lipinski definition) is 1. The van der Waals surface area contributed by atoms with E-state index in [2.05, 4.69) is 15.5 Å². The fourth-order valence-corrected chi connectivity index (χ4v) is 3.54. The number of halogens is 4. The first kappa shape index (κ1) is 17.7. The monoisotopic (exact) mass is 384 g/mol. The number of piperidine rings is 1. The Kier molecular flexibility index (Phi) is 3.90. The third kappa shape index (κ3) is 2.57. The molecule has 4 rings (SSSR count). The Morgan fingerprint density at radius 2 is 1.70 bits per heavy atom. The second-order valence-corrected chi connectivity index (χ2v) is 6.74. The fourth-order valence-electron chi connectivity index (χ4n) is 3.54. The van der Waals surface area contributed by atoms with Crippen molar-refractivity contribution in [1.82, 2.24) is 15.1 Å². The molecular weight excluding hydrogens is 368 g/mol. The number of hydrogen-bond acceptors (Lipinski definition) is 5. The van der Waals surface area contributed by atoms with Crippen LogP contribution >= 0.6 is 0 Å². The summed E-state index contributed by atoms with van der Waals surface area (Å²) in [7, 11) is 0.